The second kappa shape index (κ2) is 7.26. The van der Waals surface area contributed by atoms with Crippen molar-refractivity contribution in [3.05, 3.63) is 0 Å². The maximum absolute atomic E-state index is 9.74. The number of phosphoric acid groups is 1. The molecular formula is CH10CaN3O5P. The van der Waals surface area contributed by atoms with Crippen molar-refractivity contribution in [2.45, 2.75) is 0 Å². The third kappa shape index (κ3) is 18.0. The fourth-order valence-corrected chi connectivity index (χ4v) is 0.313. The Balaban J connectivity index is -0.000000320. The van der Waals surface area contributed by atoms with Crippen molar-refractivity contribution < 1.29 is 23.8 Å². The van der Waals surface area contributed by atoms with E-state index in [9.17, 15) is 9.36 Å². The van der Waals surface area contributed by atoms with E-state index in [-0.39, 0.29) is 43.9 Å². The molecule has 8 nitrogen and oxygen atoms in total. The van der Waals surface area contributed by atoms with E-state index in [0.717, 1.165) is 0 Å². The van der Waals surface area contributed by atoms with Gasteiger partial charge in [-0.2, -0.15) is 4.62 Å². The van der Waals surface area contributed by atoms with E-state index in [0.29, 0.717) is 0 Å². The first kappa shape index (κ1) is 17.6. The van der Waals surface area contributed by atoms with Gasteiger partial charge in [0.15, 0.2) is 0 Å². The third-order valence-electron chi connectivity index (χ3n) is 0.265. The number of hydroxylamine groups is 1. The van der Waals surface area contributed by atoms with E-state index in [1.807, 2.05) is 0 Å². The van der Waals surface area contributed by atoms with E-state index in [1.54, 1.807) is 0 Å². The summed E-state index contributed by atoms with van der Waals surface area (Å²) in [6, 6.07) is -1.17. The minimum absolute atomic E-state index is 0. The number of amides is 2. The number of primary amides is 1. The zero-order valence-corrected chi connectivity index (χ0v) is 5.75. The molecule has 0 unspecified atom stereocenters. The van der Waals surface area contributed by atoms with Crippen LogP contribution in [0.3, 0.4) is 0 Å². The minimum atomic E-state index is -4.63. The van der Waals surface area contributed by atoms with Crippen LogP contribution in [0, 0.1) is 0 Å². The summed E-state index contributed by atoms with van der Waals surface area (Å²) in [7, 11) is -4.63. The fourth-order valence-electron chi connectivity index (χ4n) is 0.104. The van der Waals surface area contributed by atoms with Crippen LogP contribution in [0.15, 0.2) is 0 Å². The molecule has 0 bridgehead atoms. The van der Waals surface area contributed by atoms with Gasteiger partial charge in [0.2, 0.25) is 0 Å². The Morgan fingerprint density at radius 1 is 1.55 bits per heavy atom. The number of carbonyl (C=O) groups is 1. The van der Waals surface area contributed by atoms with Crippen LogP contribution in [0.25, 0.3) is 0 Å². The standard InChI is InChI=1S/CH5N2O5P.Ca.H3N.2H/c2-1(4)3-8-9(5,6)7;;;;/h(H3,2,3,4)(H2,5,6,7);;1H3;;. The summed E-state index contributed by atoms with van der Waals surface area (Å²) < 4.78 is 13.2. The number of rotatable bonds is 2. The van der Waals surface area contributed by atoms with Crippen LogP contribution in [0.4, 0.5) is 4.79 Å². The molecule has 0 spiro atoms. The van der Waals surface area contributed by atoms with Gasteiger partial charge in [-0.1, -0.05) is 0 Å². The first-order valence-corrected chi connectivity index (χ1v) is 3.24. The Morgan fingerprint density at radius 2 is 1.91 bits per heavy atom. The molecule has 0 aromatic heterocycles. The second-order valence-corrected chi connectivity index (χ2v) is 2.21. The second-order valence-electron chi connectivity index (χ2n) is 1.05. The average molecular weight is 215 g/mol. The topological polar surface area (TPSA) is 157 Å². The predicted molar refractivity (Wildman–Crippen MR) is 39.4 cm³/mol. The molecule has 0 rings (SSSR count). The quantitative estimate of drug-likeness (QED) is 0.202. The molecule has 0 aromatic rings. The Bertz CT molecular complexity index is 156. The van der Waals surface area contributed by atoms with Gasteiger partial charge in [-0.05, 0) is 0 Å². The van der Waals surface area contributed by atoms with Gasteiger partial charge in [0.1, 0.15) is 0 Å². The first-order valence-electron chi connectivity index (χ1n) is 1.71. The number of urea groups is 1. The van der Waals surface area contributed by atoms with Crippen molar-refractivity contribution in [3.63, 3.8) is 0 Å². The Kier molecular flexibility index (Phi) is 11.6. The van der Waals surface area contributed by atoms with Gasteiger partial charge in [0.25, 0.3) is 0 Å². The van der Waals surface area contributed by atoms with Crippen molar-refractivity contribution >= 4 is 51.6 Å². The Labute approximate surface area is 92.2 Å². The van der Waals surface area contributed by atoms with Gasteiger partial charge < -0.3 is 21.7 Å². The molecule has 66 valence electrons. The van der Waals surface area contributed by atoms with Crippen molar-refractivity contribution in [1.82, 2.24) is 11.6 Å². The van der Waals surface area contributed by atoms with E-state index in [4.69, 9.17) is 9.79 Å². The summed E-state index contributed by atoms with van der Waals surface area (Å²) in [6.07, 6.45) is 0. The molecule has 0 fully saturated rings. The fraction of sp³-hybridized carbons (Fsp3) is 0. The zero-order chi connectivity index (χ0) is 7.49. The number of carbonyl (C=O) groups excluding carboxylic acids is 1. The van der Waals surface area contributed by atoms with Crippen molar-refractivity contribution in [2.24, 2.45) is 5.73 Å². The molecule has 0 saturated heterocycles. The summed E-state index contributed by atoms with van der Waals surface area (Å²) in [5.74, 6) is 0. The summed E-state index contributed by atoms with van der Waals surface area (Å²) >= 11 is 0. The molecule has 0 radical (unpaired) electrons. The van der Waals surface area contributed by atoms with Gasteiger partial charge in [-0.25, -0.2) is 14.8 Å². The molecule has 0 atom stereocenters. The molecule has 0 aliphatic heterocycles. The summed E-state index contributed by atoms with van der Waals surface area (Å²) in [5, 5.41) is 0. The zero-order valence-electron chi connectivity index (χ0n) is 4.85. The average Bonchev–Trinajstić information content (AvgIpc) is 1.59. The van der Waals surface area contributed by atoms with Crippen LogP contribution in [0.1, 0.15) is 0 Å². The molecular weight excluding hydrogens is 205 g/mol. The molecule has 0 aliphatic rings. The van der Waals surface area contributed by atoms with E-state index in [2.05, 4.69) is 10.4 Å². The molecule has 2 amide bonds. The molecule has 11 heavy (non-hydrogen) atoms. The van der Waals surface area contributed by atoms with Gasteiger partial charge in [-0.3, -0.25) is 0 Å². The van der Waals surface area contributed by atoms with Crippen LogP contribution in [-0.4, -0.2) is 53.6 Å². The van der Waals surface area contributed by atoms with Crippen molar-refractivity contribution in [2.75, 3.05) is 0 Å². The van der Waals surface area contributed by atoms with E-state index in [1.165, 1.54) is 5.48 Å². The third-order valence-corrected chi connectivity index (χ3v) is 0.594. The molecule has 0 heterocycles. The monoisotopic (exact) mass is 215 g/mol. The summed E-state index contributed by atoms with van der Waals surface area (Å²) in [6.45, 7) is 0. The first-order chi connectivity index (χ1) is 3.92. The van der Waals surface area contributed by atoms with Crippen molar-refractivity contribution in [3.8, 4) is 0 Å². The Hall–Kier alpha value is 0.600. The van der Waals surface area contributed by atoms with Crippen molar-refractivity contribution in [1.29, 1.82) is 0 Å². The number of nitrogens with one attached hydrogen (secondary N) is 1. The Morgan fingerprint density at radius 3 is 2.00 bits per heavy atom. The number of hydrogen-bond acceptors (Lipinski definition) is 4. The SMILES string of the molecule is N.NC(=O)NOP(=O)(O)O.[CaH2]. The van der Waals surface area contributed by atoms with Crippen LogP contribution >= 0.6 is 7.82 Å². The molecule has 10 heteroatoms. The van der Waals surface area contributed by atoms with Crippen LogP contribution in [-0.2, 0) is 9.19 Å². The number of nitrogens with two attached hydrogens (primary N) is 1. The predicted octanol–water partition coefficient (Wildman–Crippen LogP) is -2.08. The maximum atomic E-state index is 9.74. The number of hydrogen-bond donors (Lipinski definition) is 5. The van der Waals surface area contributed by atoms with E-state index < -0.39 is 13.9 Å². The molecule has 0 aliphatic carbocycles. The van der Waals surface area contributed by atoms with Gasteiger partial charge in [-0.15, -0.1) is 0 Å². The van der Waals surface area contributed by atoms with E-state index >= 15 is 0 Å². The van der Waals surface area contributed by atoms with Crippen LogP contribution in [0.5, 0.6) is 0 Å². The molecule has 0 aromatic carbocycles. The molecule has 0 saturated carbocycles. The molecule has 8 N–H and O–H groups in total. The van der Waals surface area contributed by atoms with Gasteiger partial charge in [0.05, 0.1) is 0 Å². The van der Waals surface area contributed by atoms with Crippen LogP contribution in [0.2, 0.25) is 0 Å². The summed E-state index contributed by atoms with van der Waals surface area (Å²) in [4.78, 5) is 25.5. The van der Waals surface area contributed by atoms with Gasteiger partial charge >= 0.3 is 51.6 Å². The van der Waals surface area contributed by atoms with Crippen LogP contribution < -0.4 is 17.4 Å². The normalized spacial score (nSPS) is 8.91. The summed E-state index contributed by atoms with van der Waals surface area (Å²) in [5.41, 5.74) is 5.64. The van der Waals surface area contributed by atoms with Gasteiger partial charge in [0, 0.05) is 0 Å².